The first kappa shape index (κ1) is 9.00. The van der Waals surface area contributed by atoms with Gasteiger partial charge in [0, 0.05) is 12.0 Å². The Labute approximate surface area is 74.9 Å². The van der Waals surface area contributed by atoms with Crippen LogP contribution in [-0.2, 0) is 4.74 Å². The van der Waals surface area contributed by atoms with Gasteiger partial charge in [0.1, 0.15) is 0 Å². The molecule has 1 heterocycles. The van der Waals surface area contributed by atoms with Crippen molar-refractivity contribution in [2.45, 2.75) is 6.04 Å². The lowest BCUT2D eigenvalue weighted by Gasteiger charge is -2.06. The number of rotatable bonds is 3. The van der Waals surface area contributed by atoms with Crippen molar-refractivity contribution in [1.82, 2.24) is 0 Å². The van der Waals surface area contributed by atoms with Gasteiger partial charge in [-0.25, -0.2) is 0 Å². The summed E-state index contributed by atoms with van der Waals surface area (Å²) in [5.74, 6) is 0. The number of nitrogens with two attached hydrogens (primary N) is 1. The van der Waals surface area contributed by atoms with Gasteiger partial charge in [0.15, 0.2) is 0 Å². The molecule has 1 aromatic rings. The predicted octanol–water partition coefficient (Wildman–Crippen LogP) is 2.05. The lowest BCUT2D eigenvalue weighted by molar-refractivity contribution is 0.182. The Morgan fingerprint density at radius 3 is 2.91 bits per heavy atom. The predicted molar refractivity (Wildman–Crippen MR) is 48.1 cm³/mol. The first-order valence-electron chi connectivity index (χ1n) is 3.24. The average molecular weight is 192 g/mol. The Morgan fingerprint density at radius 2 is 2.45 bits per heavy atom. The van der Waals surface area contributed by atoms with Crippen LogP contribution in [0.25, 0.3) is 0 Å². The van der Waals surface area contributed by atoms with Crippen molar-refractivity contribution in [3.8, 4) is 0 Å². The van der Waals surface area contributed by atoms with Gasteiger partial charge in [-0.3, -0.25) is 0 Å². The molecule has 0 aliphatic rings. The molecule has 2 nitrogen and oxygen atoms in total. The quantitative estimate of drug-likeness (QED) is 0.794. The summed E-state index contributed by atoms with van der Waals surface area (Å²) in [7, 11) is 1.63. The fraction of sp³-hybridized carbons (Fsp3) is 0.429. The molecular formula is C7H10ClNOS. The zero-order chi connectivity index (χ0) is 8.27. The van der Waals surface area contributed by atoms with Gasteiger partial charge in [-0.2, -0.15) is 0 Å². The fourth-order valence-corrected chi connectivity index (χ4v) is 1.84. The minimum absolute atomic E-state index is 0.0440. The van der Waals surface area contributed by atoms with Gasteiger partial charge in [-0.1, -0.05) is 11.6 Å². The number of methoxy groups -OCH3 is 1. The molecule has 0 saturated carbocycles. The minimum atomic E-state index is -0.0440. The summed E-state index contributed by atoms with van der Waals surface area (Å²) in [6, 6.07) is 3.73. The van der Waals surface area contributed by atoms with Crippen molar-refractivity contribution in [1.29, 1.82) is 0 Å². The van der Waals surface area contributed by atoms with Crippen LogP contribution in [-0.4, -0.2) is 13.7 Å². The van der Waals surface area contributed by atoms with Crippen molar-refractivity contribution >= 4 is 22.9 Å². The van der Waals surface area contributed by atoms with E-state index in [2.05, 4.69) is 0 Å². The molecule has 4 heteroatoms. The van der Waals surface area contributed by atoms with Crippen molar-refractivity contribution in [3.63, 3.8) is 0 Å². The average Bonchev–Trinajstić information content (AvgIpc) is 2.36. The summed E-state index contributed by atoms with van der Waals surface area (Å²) < 4.78 is 5.68. The molecule has 0 spiro atoms. The van der Waals surface area contributed by atoms with Crippen LogP contribution >= 0.6 is 22.9 Å². The zero-order valence-electron chi connectivity index (χ0n) is 6.21. The first-order valence-corrected chi connectivity index (χ1v) is 4.43. The second-order valence-corrected chi connectivity index (χ2v) is 3.95. The molecule has 11 heavy (non-hydrogen) atoms. The topological polar surface area (TPSA) is 35.2 Å². The molecule has 0 amide bonds. The number of thiophene rings is 1. The van der Waals surface area contributed by atoms with Crippen molar-refractivity contribution in [3.05, 3.63) is 21.3 Å². The lowest BCUT2D eigenvalue weighted by atomic mass is 10.3. The van der Waals surface area contributed by atoms with Gasteiger partial charge in [-0.05, 0) is 12.1 Å². The Morgan fingerprint density at radius 1 is 1.73 bits per heavy atom. The molecule has 0 aromatic carbocycles. The Bertz CT molecular complexity index is 226. The third-order valence-corrected chi connectivity index (χ3v) is 2.67. The van der Waals surface area contributed by atoms with E-state index < -0.39 is 0 Å². The van der Waals surface area contributed by atoms with Crippen molar-refractivity contribution in [2.24, 2.45) is 5.73 Å². The molecule has 0 saturated heterocycles. The van der Waals surface area contributed by atoms with Crippen LogP contribution in [0, 0.1) is 0 Å². The first-order chi connectivity index (χ1) is 5.24. The van der Waals surface area contributed by atoms with E-state index in [4.69, 9.17) is 22.1 Å². The van der Waals surface area contributed by atoms with Crippen LogP contribution in [0.5, 0.6) is 0 Å². The summed E-state index contributed by atoms with van der Waals surface area (Å²) in [4.78, 5) is 1.07. The van der Waals surface area contributed by atoms with E-state index in [-0.39, 0.29) is 6.04 Å². The van der Waals surface area contributed by atoms with Gasteiger partial charge in [0.25, 0.3) is 0 Å². The molecule has 2 N–H and O–H groups in total. The highest BCUT2D eigenvalue weighted by Crippen LogP contribution is 2.25. The second-order valence-electron chi connectivity index (χ2n) is 2.20. The fourth-order valence-electron chi connectivity index (χ4n) is 0.789. The summed E-state index contributed by atoms with van der Waals surface area (Å²) in [5.41, 5.74) is 5.75. The normalized spacial score (nSPS) is 13.4. The van der Waals surface area contributed by atoms with E-state index in [0.29, 0.717) is 6.61 Å². The molecule has 1 aromatic heterocycles. The highest BCUT2D eigenvalue weighted by Gasteiger charge is 2.07. The molecule has 0 radical (unpaired) electrons. The monoisotopic (exact) mass is 191 g/mol. The second kappa shape index (κ2) is 4.07. The molecule has 0 aliphatic carbocycles. The third kappa shape index (κ3) is 2.45. The molecule has 0 fully saturated rings. The van der Waals surface area contributed by atoms with Crippen molar-refractivity contribution < 1.29 is 4.74 Å². The SMILES string of the molecule is COC[C@@H](N)c1ccc(Cl)s1. The highest BCUT2D eigenvalue weighted by molar-refractivity contribution is 7.16. The molecule has 0 aliphatic heterocycles. The van der Waals surface area contributed by atoms with E-state index in [0.717, 1.165) is 9.21 Å². The van der Waals surface area contributed by atoms with Crippen LogP contribution in [0.4, 0.5) is 0 Å². The van der Waals surface area contributed by atoms with E-state index in [1.54, 1.807) is 7.11 Å². The summed E-state index contributed by atoms with van der Waals surface area (Å²) >= 11 is 7.22. The van der Waals surface area contributed by atoms with E-state index >= 15 is 0 Å². The van der Waals surface area contributed by atoms with Gasteiger partial charge in [0.2, 0.25) is 0 Å². The highest BCUT2D eigenvalue weighted by atomic mass is 35.5. The molecule has 62 valence electrons. The summed E-state index contributed by atoms with van der Waals surface area (Å²) in [6.45, 7) is 0.539. The maximum absolute atomic E-state index is 5.75. The maximum Gasteiger partial charge on any atom is 0.0931 e. The van der Waals surface area contributed by atoms with Crippen LogP contribution in [0.3, 0.4) is 0 Å². The molecular weight excluding hydrogens is 182 g/mol. The van der Waals surface area contributed by atoms with Crippen LogP contribution < -0.4 is 5.73 Å². The van der Waals surface area contributed by atoms with E-state index in [1.807, 2.05) is 12.1 Å². The van der Waals surface area contributed by atoms with Gasteiger partial charge < -0.3 is 10.5 Å². The molecule has 1 atom stereocenters. The van der Waals surface area contributed by atoms with Gasteiger partial charge in [0.05, 0.1) is 17.0 Å². The van der Waals surface area contributed by atoms with E-state index in [1.165, 1.54) is 11.3 Å². The smallest absolute Gasteiger partial charge is 0.0931 e. The standard InChI is InChI=1S/C7H10ClNOS/c1-10-4-5(9)6-2-3-7(8)11-6/h2-3,5H,4,9H2,1H3/t5-/m1/s1. The lowest BCUT2D eigenvalue weighted by Crippen LogP contribution is -2.14. The maximum atomic E-state index is 5.75. The van der Waals surface area contributed by atoms with Crippen LogP contribution in [0.2, 0.25) is 4.34 Å². The van der Waals surface area contributed by atoms with Gasteiger partial charge in [-0.15, -0.1) is 11.3 Å². The molecule has 0 bridgehead atoms. The number of hydrogen-bond donors (Lipinski definition) is 1. The Kier molecular flexibility index (Phi) is 3.33. The third-order valence-electron chi connectivity index (χ3n) is 1.31. The zero-order valence-corrected chi connectivity index (χ0v) is 7.78. The van der Waals surface area contributed by atoms with Crippen LogP contribution in [0.1, 0.15) is 10.9 Å². The van der Waals surface area contributed by atoms with Gasteiger partial charge >= 0.3 is 0 Å². The van der Waals surface area contributed by atoms with Crippen LogP contribution in [0.15, 0.2) is 12.1 Å². The summed E-state index contributed by atoms with van der Waals surface area (Å²) in [5, 5.41) is 0. The van der Waals surface area contributed by atoms with E-state index in [9.17, 15) is 0 Å². The molecule has 0 unspecified atom stereocenters. The van der Waals surface area contributed by atoms with Crippen molar-refractivity contribution in [2.75, 3.05) is 13.7 Å². The Balaban J connectivity index is 2.60. The number of ether oxygens (including phenoxy) is 1. The summed E-state index contributed by atoms with van der Waals surface area (Å²) in [6.07, 6.45) is 0. The largest absolute Gasteiger partial charge is 0.383 e. The molecule has 1 rings (SSSR count). The minimum Gasteiger partial charge on any atom is -0.383 e. The number of halogens is 1. The Hall–Kier alpha value is -0.0900. The number of hydrogen-bond acceptors (Lipinski definition) is 3.